The number of hydrogen-bond donors (Lipinski definition) is 0. The number of carbonyl (C=O) groups is 1. The second-order valence-electron chi connectivity index (χ2n) is 7.82. The second-order valence-corrected chi connectivity index (χ2v) is 10.7. The van der Waals surface area contributed by atoms with E-state index in [1.54, 1.807) is 41.7 Å². The molecule has 0 radical (unpaired) electrons. The first-order chi connectivity index (χ1) is 15.8. The zero-order valence-electron chi connectivity index (χ0n) is 19.0. The Morgan fingerprint density at radius 1 is 1.21 bits per heavy atom. The van der Waals surface area contributed by atoms with Crippen LogP contribution in [0.1, 0.15) is 30.2 Å². The lowest BCUT2D eigenvalue weighted by Crippen LogP contribution is -2.48. The highest BCUT2D eigenvalue weighted by Gasteiger charge is 2.29. The van der Waals surface area contributed by atoms with Gasteiger partial charge in [-0.25, -0.2) is 8.42 Å². The predicted octanol–water partition coefficient (Wildman–Crippen LogP) is 2.13. The van der Waals surface area contributed by atoms with Gasteiger partial charge >= 0.3 is 0 Å². The summed E-state index contributed by atoms with van der Waals surface area (Å²) >= 11 is 1.56. The van der Waals surface area contributed by atoms with E-state index in [1.807, 2.05) is 17.5 Å². The van der Waals surface area contributed by atoms with E-state index in [-0.39, 0.29) is 10.8 Å². The van der Waals surface area contributed by atoms with Crippen LogP contribution in [0, 0.1) is 0 Å². The Bertz CT molecular complexity index is 1190. The minimum atomic E-state index is -3.61. The normalized spacial score (nSPS) is 15.5. The third kappa shape index (κ3) is 4.88. The van der Waals surface area contributed by atoms with Crippen molar-refractivity contribution >= 4 is 27.3 Å². The van der Waals surface area contributed by atoms with Gasteiger partial charge in [0.1, 0.15) is 10.6 Å². The van der Waals surface area contributed by atoms with Gasteiger partial charge in [0.05, 0.1) is 11.4 Å². The summed E-state index contributed by atoms with van der Waals surface area (Å²) in [6.07, 6.45) is 1.51. The van der Waals surface area contributed by atoms with Crippen LogP contribution in [0.4, 0.5) is 0 Å². The molecule has 4 heterocycles. The van der Waals surface area contributed by atoms with Crippen LogP contribution in [0.15, 0.2) is 39.2 Å². The molecule has 33 heavy (non-hydrogen) atoms. The molecule has 1 aliphatic heterocycles. The molecule has 3 aromatic heterocycles. The zero-order chi connectivity index (χ0) is 23.6. The lowest BCUT2D eigenvalue weighted by molar-refractivity contribution is 0.0606. The monoisotopic (exact) mass is 492 g/mol. The number of hydrogen-bond acceptors (Lipinski definition) is 8. The molecule has 0 N–H and O–H groups in total. The molecular formula is C21H28N6O4S2. The van der Waals surface area contributed by atoms with Crippen molar-refractivity contribution in [1.82, 2.24) is 28.8 Å². The topological polar surface area (TPSA) is 105 Å². The number of carbonyl (C=O) groups excluding carboxylic acids is 1. The van der Waals surface area contributed by atoms with Crippen LogP contribution in [-0.4, -0.2) is 82.4 Å². The van der Waals surface area contributed by atoms with Crippen LogP contribution < -0.4 is 0 Å². The molecule has 12 heteroatoms. The Kier molecular flexibility index (Phi) is 6.98. The maximum atomic E-state index is 13.1. The summed E-state index contributed by atoms with van der Waals surface area (Å²) in [5.74, 6) is 0.968. The van der Waals surface area contributed by atoms with Gasteiger partial charge in [-0.1, -0.05) is 25.1 Å². The molecule has 1 saturated heterocycles. The maximum absolute atomic E-state index is 13.1. The molecule has 0 spiro atoms. The first-order valence-electron chi connectivity index (χ1n) is 10.9. The third-order valence-corrected chi connectivity index (χ3v) is 8.65. The summed E-state index contributed by atoms with van der Waals surface area (Å²) in [4.78, 5) is 22.6. The van der Waals surface area contributed by atoms with Crippen molar-refractivity contribution in [1.29, 1.82) is 0 Å². The molecule has 0 atom stereocenters. The van der Waals surface area contributed by atoms with Crippen molar-refractivity contribution in [3.05, 3.63) is 41.4 Å². The summed E-state index contributed by atoms with van der Waals surface area (Å²) in [5, 5.41) is 6.01. The standard InChI is InChI=1S/C21H28N6O4S2/c1-4-27(5-2)33(29,30)16-13-17(24(3)14-16)21(28)26-10-8-25(9-11-26)15-19-22-20(23-31-19)18-7-6-12-32-18/h6-7,12-14H,4-5,8-11,15H2,1-3H3. The predicted molar refractivity (Wildman–Crippen MR) is 124 cm³/mol. The van der Waals surface area contributed by atoms with Gasteiger partial charge in [-0.05, 0) is 17.5 Å². The molecule has 1 amide bonds. The first-order valence-corrected chi connectivity index (χ1v) is 13.2. The molecule has 0 saturated carbocycles. The van der Waals surface area contributed by atoms with Gasteiger partial charge in [0.2, 0.25) is 21.7 Å². The number of amides is 1. The van der Waals surface area contributed by atoms with Crippen molar-refractivity contribution in [2.75, 3.05) is 39.3 Å². The number of rotatable bonds is 8. The Labute approximate surface area is 197 Å². The van der Waals surface area contributed by atoms with Crippen molar-refractivity contribution in [2.45, 2.75) is 25.3 Å². The van der Waals surface area contributed by atoms with Crippen LogP contribution >= 0.6 is 11.3 Å². The summed E-state index contributed by atoms with van der Waals surface area (Å²) in [6, 6.07) is 5.37. The van der Waals surface area contributed by atoms with Gasteiger partial charge < -0.3 is 14.0 Å². The number of aromatic nitrogens is 3. The largest absolute Gasteiger partial charge is 0.345 e. The fourth-order valence-electron chi connectivity index (χ4n) is 3.89. The number of nitrogens with zero attached hydrogens (tertiary/aromatic N) is 6. The maximum Gasteiger partial charge on any atom is 0.270 e. The van der Waals surface area contributed by atoms with E-state index >= 15 is 0 Å². The molecule has 10 nitrogen and oxygen atoms in total. The van der Waals surface area contributed by atoms with Gasteiger partial charge in [0.15, 0.2) is 0 Å². The van der Waals surface area contributed by atoms with Crippen LogP contribution in [-0.2, 0) is 23.6 Å². The van der Waals surface area contributed by atoms with E-state index in [2.05, 4.69) is 15.0 Å². The smallest absolute Gasteiger partial charge is 0.270 e. The lowest BCUT2D eigenvalue weighted by atomic mass is 10.2. The molecule has 0 unspecified atom stereocenters. The number of piperazine rings is 1. The quantitative estimate of drug-likeness (QED) is 0.474. The lowest BCUT2D eigenvalue weighted by Gasteiger charge is -2.33. The highest BCUT2D eigenvalue weighted by atomic mass is 32.2. The Morgan fingerprint density at radius 2 is 1.94 bits per heavy atom. The van der Waals surface area contributed by atoms with Crippen molar-refractivity contribution < 1.29 is 17.7 Å². The molecular weight excluding hydrogens is 464 g/mol. The Hall–Kier alpha value is -2.54. The van der Waals surface area contributed by atoms with Crippen LogP contribution in [0.2, 0.25) is 0 Å². The summed E-state index contributed by atoms with van der Waals surface area (Å²) in [6.45, 7) is 7.29. The first kappa shape index (κ1) is 23.6. The summed E-state index contributed by atoms with van der Waals surface area (Å²) < 4.78 is 34.0. The molecule has 0 aromatic carbocycles. The SMILES string of the molecule is CCN(CC)S(=O)(=O)c1cc(C(=O)N2CCN(Cc3nc(-c4cccs4)no3)CC2)n(C)c1. The minimum Gasteiger partial charge on any atom is -0.345 e. The molecule has 178 valence electrons. The van der Waals surface area contributed by atoms with Crippen molar-refractivity contribution in [3.8, 4) is 10.7 Å². The fraction of sp³-hybridized carbons (Fsp3) is 0.476. The van der Waals surface area contributed by atoms with Crippen LogP contribution in [0.25, 0.3) is 10.7 Å². The average molecular weight is 493 g/mol. The fourth-order valence-corrected chi connectivity index (χ4v) is 6.07. The molecule has 1 fully saturated rings. The van der Waals surface area contributed by atoms with Gasteiger partial charge in [-0.15, -0.1) is 11.3 Å². The Morgan fingerprint density at radius 3 is 2.58 bits per heavy atom. The van der Waals surface area contributed by atoms with Gasteiger partial charge in [-0.2, -0.15) is 9.29 Å². The average Bonchev–Trinajstić information content (AvgIpc) is 3.55. The van der Waals surface area contributed by atoms with E-state index < -0.39 is 10.0 Å². The van der Waals surface area contributed by atoms with E-state index in [0.29, 0.717) is 63.2 Å². The number of aryl methyl sites for hydroxylation is 1. The van der Waals surface area contributed by atoms with E-state index in [0.717, 1.165) is 4.88 Å². The third-order valence-electron chi connectivity index (χ3n) is 5.77. The van der Waals surface area contributed by atoms with Crippen molar-refractivity contribution in [3.63, 3.8) is 0 Å². The highest BCUT2D eigenvalue weighted by Crippen LogP contribution is 2.22. The highest BCUT2D eigenvalue weighted by molar-refractivity contribution is 7.89. The van der Waals surface area contributed by atoms with Gasteiger partial charge in [-0.3, -0.25) is 9.69 Å². The van der Waals surface area contributed by atoms with Crippen LogP contribution in [0.5, 0.6) is 0 Å². The van der Waals surface area contributed by atoms with Crippen molar-refractivity contribution in [2.24, 2.45) is 7.05 Å². The minimum absolute atomic E-state index is 0.147. The number of sulfonamides is 1. The molecule has 0 aliphatic carbocycles. The Balaban J connectivity index is 1.37. The van der Waals surface area contributed by atoms with E-state index in [9.17, 15) is 13.2 Å². The molecule has 0 bridgehead atoms. The van der Waals surface area contributed by atoms with E-state index in [4.69, 9.17) is 4.52 Å². The van der Waals surface area contributed by atoms with Gasteiger partial charge in [0, 0.05) is 52.5 Å². The summed E-state index contributed by atoms with van der Waals surface area (Å²) in [7, 11) is -1.91. The second kappa shape index (κ2) is 9.75. The zero-order valence-corrected chi connectivity index (χ0v) is 20.6. The summed E-state index contributed by atoms with van der Waals surface area (Å²) in [5.41, 5.74) is 0.367. The number of thiophene rings is 1. The van der Waals surface area contributed by atoms with Crippen LogP contribution in [0.3, 0.4) is 0 Å². The van der Waals surface area contributed by atoms with E-state index in [1.165, 1.54) is 16.6 Å². The molecule has 4 rings (SSSR count). The van der Waals surface area contributed by atoms with Gasteiger partial charge in [0.25, 0.3) is 5.91 Å². The molecule has 3 aromatic rings. The molecule has 1 aliphatic rings.